The first-order chi connectivity index (χ1) is 10.7. The maximum Gasteiger partial charge on any atom is 0.172 e. The average molecular weight is 293 g/mol. The molecule has 5 heteroatoms. The Kier molecular flexibility index (Phi) is 3.70. The Morgan fingerprint density at radius 1 is 1.14 bits per heavy atom. The Bertz CT molecular complexity index is 824. The molecule has 0 fully saturated rings. The van der Waals surface area contributed by atoms with Crippen molar-refractivity contribution in [2.24, 2.45) is 0 Å². The van der Waals surface area contributed by atoms with Crippen LogP contribution >= 0.6 is 0 Å². The molecule has 0 aliphatic carbocycles. The number of aryl methyl sites for hydroxylation is 1. The number of benzene rings is 2. The molecule has 0 unspecified atom stereocenters. The van der Waals surface area contributed by atoms with E-state index in [1.54, 1.807) is 11.8 Å². The molecule has 22 heavy (non-hydrogen) atoms. The van der Waals surface area contributed by atoms with Crippen molar-refractivity contribution in [3.8, 4) is 22.7 Å². The highest BCUT2D eigenvalue weighted by molar-refractivity contribution is 5.86. The second-order valence-corrected chi connectivity index (χ2v) is 4.89. The van der Waals surface area contributed by atoms with E-state index in [9.17, 15) is 4.79 Å². The first-order valence-corrected chi connectivity index (χ1v) is 6.86. The molecular formula is C17H15N3O2. The largest absolute Gasteiger partial charge is 0.496 e. The first-order valence-electron chi connectivity index (χ1n) is 6.86. The smallest absolute Gasteiger partial charge is 0.172 e. The van der Waals surface area contributed by atoms with E-state index in [1.165, 1.54) is 0 Å². The topological polar surface area (TPSA) is 57.0 Å². The van der Waals surface area contributed by atoms with Crippen molar-refractivity contribution in [3.63, 3.8) is 0 Å². The van der Waals surface area contributed by atoms with Gasteiger partial charge in [0.25, 0.3) is 0 Å². The predicted octanol–water partition coefficient (Wildman–Crippen LogP) is 3.06. The maximum absolute atomic E-state index is 11.4. The lowest BCUT2D eigenvalue weighted by molar-refractivity contribution is 0.111. The number of hydrogen-bond acceptors (Lipinski definition) is 4. The van der Waals surface area contributed by atoms with Crippen molar-refractivity contribution in [3.05, 3.63) is 59.8 Å². The molecule has 0 atom stereocenters. The summed E-state index contributed by atoms with van der Waals surface area (Å²) >= 11 is 0. The number of carbonyl (C=O) groups excluding carboxylic acids is 1. The van der Waals surface area contributed by atoms with Crippen LogP contribution in [-0.4, -0.2) is 28.4 Å². The van der Waals surface area contributed by atoms with Crippen molar-refractivity contribution >= 4 is 6.29 Å². The van der Waals surface area contributed by atoms with Gasteiger partial charge in [-0.2, -0.15) is 0 Å². The van der Waals surface area contributed by atoms with Gasteiger partial charge in [0.15, 0.2) is 12.0 Å². The zero-order chi connectivity index (χ0) is 15.5. The summed E-state index contributed by atoms with van der Waals surface area (Å²) in [5.74, 6) is 0.668. The number of ether oxygens (including phenoxy) is 1. The van der Waals surface area contributed by atoms with Gasteiger partial charge in [-0.1, -0.05) is 29.5 Å². The maximum atomic E-state index is 11.4. The Morgan fingerprint density at radius 3 is 2.68 bits per heavy atom. The van der Waals surface area contributed by atoms with Gasteiger partial charge in [0.05, 0.1) is 12.8 Å². The van der Waals surface area contributed by atoms with Gasteiger partial charge < -0.3 is 4.74 Å². The number of methoxy groups -OCH3 is 1. The summed E-state index contributed by atoms with van der Waals surface area (Å²) in [6.45, 7) is 2.00. The molecule has 0 saturated heterocycles. The molecule has 1 heterocycles. The van der Waals surface area contributed by atoms with E-state index < -0.39 is 0 Å². The van der Waals surface area contributed by atoms with Crippen LogP contribution in [0.5, 0.6) is 5.75 Å². The summed E-state index contributed by atoms with van der Waals surface area (Å²) in [6.07, 6.45) is 0.709. The molecule has 0 N–H and O–H groups in total. The van der Waals surface area contributed by atoms with Gasteiger partial charge in [-0.15, -0.1) is 5.10 Å². The van der Waals surface area contributed by atoms with E-state index in [4.69, 9.17) is 4.74 Å². The van der Waals surface area contributed by atoms with Crippen molar-refractivity contribution < 1.29 is 9.53 Å². The Morgan fingerprint density at radius 2 is 1.95 bits per heavy atom. The molecule has 0 amide bonds. The standard InChI is InChI=1S/C17H15N3O2/c1-12-6-5-7-13(10-12)20-17(15(11-21)18-19-20)14-8-3-4-9-16(14)22-2/h3-11H,1-2H3. The Labute approximate surface area is 128 Å². The predicted molar refractivity (Wildman–Crippen MR) is 83.5 cm³/mol. The minimum absolute atomic E-state index is 0.283. The lowest BCUT2D eigenvalue weighted by atomic mass is 10.1. The molecule has 0 bridgehead atoms. The van der Waals surface area contributed by atoms with E-state index >= 15 is 0 Å². The summed E-state index contributed by atoms with van der Waals surface area (Å²) in [5.41, 5.74) is 3.63. The quantitative estimate of drug-likeness (QED) is 0.694. The van der Waals surface area contributed by atoms with Gasteiger partial charge in [0.1, 0.15) is 11.4 Å². The summed E-state index contributed by atoms with van der Waals surface area (Å²) in [5, 5.41) is 8.11. The molecule has 110 valence electrons. The molecular weight excluding hydrogens is 278 g/mol. The third kappa shape index (κ3) is 2.37. The monoisotopic (exact) mass is 293 g/mol. The van der Waals surface area contributed by atoms with E-state index in [0.29, 0.717) is 17.7 Å². The number of carbonyl (C=O) groups is 1. The molecule has 0 aliphatic rings. The fraction of sp³-hybridized carbons (Fsp3) is 0.118. The molecule has 0 radical (unpaired) electrons. The number of para-hydroxylation sites is 1. The van der Waals surface area contributed by atoms with Crippen LogP contribution in [0.4, 0.5) is 0 Å². The summed E-state index contributed by atoms with van der Waals surface area (Å²) in [7, 11) is 1.60. The fourth-order valence-electron chi connectivity index (χ4n) is 2.41. The molecule has 2 aromatic carbocycles. The summed E-state index contributed by atoms with van der Waals surface area (Å²) < 4.78 is 7.06. The molecule has 1 aromatic heterocycles. The third-order valence-corrected chi connectivity index (χ3v) is 3.42. The molecule has 3 rings (SSSR count). The van der Waals surface area contributed by atoms with Crippen LogP contribution in [0.15, 0.2) is 48.5 Å². The second-order valence-electron chi connectivity index (χ2n) is 4.89. The van der Waals surface area contributed by atoms with Crippen LogP contribution in [0, 0.1) is 6.92 Å². The van der Waals surface area contributed by atoms with Crippen molar-refractivity contribution in [2.45, 2.75) is 6.92 Å². The normalized spacial score (nSPS) is 10.5. The fourth-order valence-corrected chi connectivity index (χ4v) is 2.41. The lowest BCUT2D eigenvalue weighted by Crippen LogP contribution is -2.01. The highest BCUT2D eigenvalue weighted by Gasteiger charge is 2.19. The van der Waals surface area contributed by atoms with E-state index in [0.717, 1.165) is 16.8 Å². The minimum atomic E-state index is 0.283. The van der Waals surface area contributed by atoms with Crippen LogP contribution in [0.1, 0.15) is 16.1 Å². The minimum Gasteiger partial charge on any atom is -0.496 e. The van der Waals surface area contributed by atoms with Crippen molar-refractivity contribution in [1.29, 1.82) is 0 Å². The highest BCUT2D eigenvalue weighted by Crippen LogP contribution is 2.32. The summed E-state index contributed by atoms with van der Waals surface area (Å²) in [6, 6.07) is 15.4. The van der Waals surface area contributed by atoms with Gasteiger partial charge in [-0.05, 0) is 36.8 Å². The van der Waals surface area contributed by atoms with Gasteiger partial charge >= 0.3 is 0 Å². The zero-order valence-corrected chi connectivity index (χ0v) is 12.4. The van der Waals surface area contributed by atoms with E-state index in [-0.39, 0.29) is 5.69 Å². The third-order valence-electron chi connectivity index (χ3n) is 3.42. The number of hydrogen-bond donors (Lipinski definition) is 0. The number of nitrogens with zero attached hydrogens (tertiary/aromatic N) is 3. The van der Waals surface area contributed by atoms with Gasteiger partial charge in [0.2, 0.25) is 0 Å². The number of rotatable bonds is 4. The number of aldehydes is 1. The van der Waals surface area contributed by atoms with Crippen LogP contribution in [-0.2, 0) is 0 Å². The van der Waals surface area contributed by atoms with E-state index in [2.05, 4.69) is 10.3 Å². The van der Waals surface area contributed by atoms with Crippen molar-refractivity contribution in [1.82, 2.24) is 15.0 Å². The summed E-state index contributed by atoms with van der Waals surface area (Å²) in [4.78, 5) is 11.4. The average Bonchev–Trinajstić information content (AvgIpc) is 2.98. The van der Waals surface area contributed by atoms with Gasteiger partial charge in [-0.25, -0.2) is 4.68 Å². The molecule has 3 aromatic rings. The number of aromatic nitrogens is 3. The molecule has 0 saturated carbocycles. The Hall–Kier alpha value is -2.95. The second kappa shape index (κ2) is 5.81. The van der Waals surface area contributed by atoms with Crippen LogP contribution < -0.4 is 4.74 Å². The van der Waals surface area contributed by atoms with Crippen molar-refractivity contribution in [2.75, 3.05) is 7.11 Å². The van der Waals surface area contributed by atoms with Gasteiger partial charge in [-0.3, -0.25) is 4.79 Å². The Balaban J connectivity index is 2.27. The molecule has 5 nitrogen and oxygen atoms in total. The highest BCUT2D eigenvalue weighted by atomic mass is 16.5. The zero-order valence-electron chi connectivity index (χ0n) is 12.4. The SMILES string of the molecule is COc1ccccc1-c1c(C=O)nnn1-c1cccc(C)c1. The van der Waals surface area contributed by atoms with Crippen LogP contribution in [0.3, 0.4) is 0 Å². The lowest BCUT2D eigenvalue weighted by Gasteiger charge is -2.11. The first kappa shape index (κ1) is 14.0. The molecule has 0 aliphatic heterocycles. The van der Waals surface area contributed by atoms with Crippen LogP contribution in [0.2, 0.25) is 0 Å². The van der Waals surface area contributed by atoms with Crippen LogP contribution in [0.25, 0.3) is 16.9 Å². The van der Waals surface area contributed by atoms with E-state index in [1.807, 2.05) is 55.5 Å². The van der Waals surface area contributed by atoms with Gasteiger partial charge in [0, 0.05) is 5.56 Å². The molecule has 0 spiro atoms.